The third-order valence-electron chi connectivity index (χ3n) is 5.54. The van der Waals surface area contributed by atoms with Crippen molar-refractivity contribution in [1.82, 2.24) is 0 Å². The van der Waals surface area contributed by atoms with Crippen LogP contribution in [0.1, 0.15) is 52.9 Å². The van der Waals surface area contributed by atoms with E-state index in [1.165, 1.54) is 0 Å². The predicted octanol–water partition coefficient (Wildman–Crippen LogP) is 4.21. The summed E-state index contributed by atoms with van der Waals surface area (Å²) in [5.74, 6) is 0.599. The van der Waals surface area contributed by atoms with E-state index in [2.05, 4.69) is 33.4 Å². The zero-order valence-electron chi connectivity index (χ0n) is 13.6. The molecule has 0 saturated heterocycles. The Balaban J connectivity index is 2.53. The standard InChI is InChI=1S/C19H28O2/c1-5-10-19-14(4)16(11-13(3)6-2)17(20)12-15(19)8-7-9-18(19)21/h5,11-14,18,21H,1,6-10H2,2-4H3/b16-11+. The molecule has 2 nitrogen and oxygen atoms in total. The molecule has 0 spiro atoms. The lowest BCUT2D eigenvalue weighted by molar-refractivity contribution is -0.114. The van der Waals surface area contributed by atoms with Crippen LogP contribution >= 0.6 is 0 Å². The average Bonchev–Trinajstić information content (AvgIpc) is 2.46. The van der Waals surface area contributed by atoms with Crippen LogP contribution in [0.5, 0.6) is 0 Å². The molecule has 0 aliphatic heterocycles. The first-order valence-corrected chi connectivity index (χ1v) is 8.23. The van der Waals surface area contributed by atoms with E-state index in [1.54, 1.807) is 6.08 Å². The van der Waals surface area contributed by atoms with Gasteiger partial charge in [-0.05, 0) is 49.2 Å². The van der Waals surface area contributed by atoms with Crippen LogP contribution in [0.2, 0.25) is 0 Å². The molecule has 2 aliphatic rings. The van der Waals surface area contributed by atoms with Crippen molar-refractivity contribution in [2.45, 2.75) is 59.0 Å². The summed E-state index contributed by atoms with van der Waals surface area (Å²) in [6, 6.07) is 0. The second-order valence-corrected chi connectivity index (χ2v) is 6.70. The summed E-state index contributed by atoms with van der Waals surface area (Å²) in [6.45, 7) is 10.3. The maximum absolute atomic E-state index is 12.5. The summed E-state index contributed by atoms with van der Waals surface area (Å²) in [4.78, 5) is 12.5. The minimum Gasteiger partial charge on any atom is -0.392 e. The van der Waals surface area contributed by atoms with Gasteiger partial charge in [-0.1, -0.05) is 44.9 Å². The van der Waals surface area contributed by atoms with Gasteiger partial charge in [-0.2, -0.15) is 0 Å². The number of hydrogen-bond donors (Lipinski definition) is 1. The molecule has 4 atom stereocenters. The fourth-order valence-electron chi connectivity index (χ4n) is 4.03. The first kappa shape index (κ1) is 16.2. The molecule has 0 aromatic rings. The molecule has 116 valence electrons. The van der Waals surface area contributed by atoms with Crippen LogP contribution in [0.3, 0.4) is 0 Å². The number of ketones is 1. The Hall–Kier alpha value is -1.15. The number of rotatable bonds is 4. The van der Waals surface area contributed by atoms with E-state index in [4.69, 9.17) is 0 Å². The molecule has 2 heteroatoms. The second kappa shape index (κ2) is 6.31. The highest BCUT2D eigenvalue weighted by molar-refractivity contribution is 6.06. The summed E-state index contributed by atoms with van der Waals surface area (Å²) in [6.07, 6.45) is 9.93. The van der Waals surface area contributed by atoms with Crippen molar-refractivity contribution < 1.29 is 9.90 Å². The first-order chi connectivity index (χ1) is 9.97. The van der Waals surface area contributed by atoms with Gasteiger partial charge in [-0.25, -0.2) is 0 Å². The van der Waals surface area contributed by atoms with Gasteiger partial charge >= 0.3 is 0 Å². The molecule has 4 unspecified atom stereocenters. The molecule has 0 aromatic heterocycles. The number of aliphatic hydroxyl groups is 1. The van der Waals surface area contributed by atoms with Gasteiger partial charge in [0, 0.05) is 5.41 Å². The zero-order valence-corrected chi connectivity index (χ0v) is 13.6. The van der Waals surface area contributed by atoms with Crippen LogP contribution < -0.4 is 0 Å². The van der Waals surface area contributed by atoms with Crippen LogP contribution in [-0.4, -0.2) is 17.0 Å². The van der Waals surface area contributed by atoms with Crippen molar-refractivity contribution in [1.29, 1.82) is 0 Å². The molecular weight excluding hydrogens is 260 g/mol. The molecule has 1 saturated carbocycles. The molecule has 1 N–H and O–H groups in total. The summed E-state index contributed by atoms with van der Waals surface area (Å²) in [5.41, 5.74) is 1.71. The minimum absolute atomic E-state index is 0.0623. The van der Waals surface area contributed by atoms with Gasteiger partial charge in [0.25, 0.3) is 0 Å². The van der Waals surface area contributed by atoms with Crippen LogP contribution in [0.4, 0.5) is 0 Å². The Morgan fingerprint density at radius 1 is 1.57 bits per heavy atom. The lowest BCUT2D eigenvalue weighted by Crippen LogP contribution is -2.48. The van der Waals surface area contributed by atoms with E-state index in [1.807, 2.05) is 6.08 Å². The van der Waals surface area contributed by atoms with Crippen molar-refractivity contribution in [2.75, 3.05) is 0 Å². The van der Waals surface area contributed by atoms with Crippen molar-refractivity contribution in [3.05, 3.63) is 36.0 Å². The highest BCUT2D eigenvalue weighted by atomic mass is 16.3. The molecule has 2 aliphatic carbocycles. The minimum atomic E-state index is -0.376. The molecule has 1 fully saturated rings. The topological polar surface area (TPSA) is 37.3 Å². The summed E-state index contributed by atoms with van der Waals surface area (Å²) in [5, 5.41) is 10.7. The van der Waals surface area contributed by atoms with Gasteiger partial charge in [0.15, 0.2) is 5.78 Å². The maximum Gasteiger partial charge on any atom is 0.181 e. The molecular formula is C19H28O2. The van der Waals surface area contributed by atoms with Gasteiger partial charge in [-0.15, -0.1) is 6.58 Å². The van der Waals surface area contributed by atoms with Crippen LogP contribution in [0.25, 0.3) is 0 Å². The van der Waals surface area contributed by atoms with E-state index in [9.17, 15) is 9.90 Å². The highest BCUT2D eigenvalue weighted by Gasteiger charge is 2.50. The Morgan fingerprint density at radius 3 is 2.90 bits per heavy atom. The van der Waals surface area contributed by atoms with Gasteiger partial charge < -0.3 is 5.11 Å². The lowest BCUT2D eigenvalue weighted by atomic mass is 9.55. The van der Waals surface area contributed by atoms with Crippen LogP contribution in [0, 0.1) is 17.3 Å². The van der Waals surface area contributed by atoms with Crippen molar-refractivity contribution in [3.63, 3.8) is 0 Å². The van der Waals surface area contributed by atoms with E-state index in [0.717, 1.165) is 43.3 Å². The van der Waals surface area contributed by atoms with Gasteiger partial charge in [0.2, 0.25) is 0 Å². The van der Waals surface area contributed by atoms with E-state index < -0.39 is 0 Å². The Morgan fingerprint density at radius 2 is 2.29 bits per heavy atom. The van der Waals surface area contributed by atoms with Crippen LogP contribution in [-0.2, 0) is 4.79 Å². The Labute approximate surface area is 128 Å². The molecule has 0 amide bonds. The van der Waals surface area contributed by atoms with E-state index in [-0.39, 0.29) is 23.2 Å². The largest absolute Gasteiger partial charge is 0.392 e. The highest BCUT2D eigenvalue weighted by Crippen LogP contribution is 2.54. The summed E-state index contributed by atoms with van der Waals surface area (Å²) < 4.78 is 0. The third kappa shape index (κ3) is 2.66. The first-order valence-electron chi connectivity index (χ1n) is 8.23. The fourth-order valence-corrected chi connectivity index (χ4v) is 4.03. The van der Waals surface area contributed by atoms with Crippen molar-refractivity contribution in [2.24, 2.45) is 17.3 Å². The van der Waals surface area contributed by atoms with E-state index >= 15 is 0 Å². The Bertz CT molecular complexity index is 486. The van der Waals surface area contributed by atoms with E-state index in [0.29, 0.717) is 5.92 Å². The second-order valence-electron chi connectivity index (χ2n) is 6.70. The van der Waals surface area contributed by atoms with Gasteiger partial charge in [0.05, 0.1) is 6.10 Å². The number of fused-ring (bicyclic) bond motifs is 1. The number of allylic oxidation sites excluding steroid dienone is 4. The van der Waals surface area contributed by atoms with Gasteiger partial charge in [-0.3, -0.25) is 4.79 Å². The summed E-state index contributed by atoms with van der Waals surface area (Å²) >= 11 is 0. The smallest absolute Gasteiger partial charge is 0.181 e. The SMILES string of the molecule is C=CCC12C(=CC(=O)/C(=C/C(C)CC)C1C)CCCC2O. The monoisotopic (exact) mass is 288 g/mol. The fraction of sp³-hybridized carbons (Fsp3) is 0.632. The van der Waals surface area contributed by atoms with Gasteiger partial charge in [0.1, 0.15) is 0 Å². The van der Waals surface area contributed by atoms with Crippen molar-refractivity contribution >= 4 is 5.78 Å². The molecule has 0 bridgehead atoms. The molecule has 0 aromatic carbocycles. The number of carbonyl (C=O) groups excluding carboxylic acids is 1. The molecule has 0 radical (unpaired) electrons. The molecule has 2 rings (SSSR count). The zero-order chi connectivity index (χ0) is 15.6. The maximum atomic E-state index is 12.5. The number of carbonyl (C=O) groups is 1. The average molecular weight is 288 g/mol. The Kier molecular flexibility index (Phi) is 4.88. The predicted molar refractivity (Wildman–Crippen MR) is 86.9 cm³/mol. The number of aliphatic hydroxyl groups excluding tert-OH is 1. The summed E-state index contributed by atoms with van der Waals surface area (Å²) in [7, 11) is 0. The third-order valence-corrected chi connectivity index (χ3v) is 5.54. The normalized spacial score (nSPS) is 36.1. The molecule has 0 heterocycles. The lowest BCUT2D eigenvalue weighted by Gasteiger charge is -2.50. The molecule has 21 heavy (non-hydrogen) atoms. The number of hydrogen-bond acceptors (Lipinski definition) is 2. The van der Waals surface area contributed by atoms with Crippen molar-refractivity contribution in [3.8, 4) is 0 Å². The quantitative estimate of drug-likeness (QED) is 0.621. The van der Waals surface area contributed by atoms with Crippen LogP contribution in [0.15, 0.2) is 36.0 Å².